The summed E-state index contributed by atoms with van der Waals surface area (Å²) in [7, 11) is 0. The zero-order chi connectivity index (χ0) is 22.7. The molecule has 0 fully saturated rings. The molecule has 0 saturated carbocycles. The highest BCUT2D eigenvalue weighted by Gasteiger charge is 2.20. The molecular weight excluding hydrogens is 468 g/mol. The molecule has 0 spiro atoms. The molecule has 1 heterocycles. The van der Waals surface area contributed by atoms with Crippen LogP contribution in [0.2, 0.25) is 5.02 Å². The number of aromatic nitrogens is 2. The van der Waals surface area contributed by atoms with Crippen molar-refractivity contribution in [1.82, 2.24) is 9.55 Å². The van der Waals surface area contributed by atoms with Crippen LogP contribution >= 0.6 is 35.3 Å². The Hall–Kier alpha value is -2.32. The highest BCUT2D eigenvalue weighted by atomic mass is 35.5. The van der Waals surface area contributed by atoms with E-state index < -0.39 is 0 Å². The highest BCUT2D eigenvalue weighted by Crippen LogP contribution is 2.34. The van der Waals surface area contributed by atoms with Crippen LogP contribution in [0.25, 0.3) is 5.69 Å². The Bertz CT molecular complexity index is 1190. The number of hydrogen-bond acceptors (Lipinski definition) is 4. The van der Waals surface area contributed by atoms with Gasteiger partial charge >= 0.3 is 0 Å². The third-order valence-electron chi connectivity index (χ3n) is 5.21. The van der Waals surface area contributed by atoms with Gasteiger partial charge < -0.3 is 0 Å². The van der Waals surface area contributed by atoms with E-state index in [9.17, 15) is 8.78 Å². The lowest BCUT2D eigenvalue weighted by molar-refractivity contribution is 0.617. The van der Waals surface area contributed by atoms with Crippen molar-refractivity contribution in [2.45, 2.75) is 28.6 Å². The van der Waals surface area contributed by atoms with Gasteiger partial charge in [0.15, 0.2) is 5.16 Å². The fourth-order valence-electron chi connectivity index (χ4n) is 3.42. The molecule has 8 heteroatoms. The Morgan fingerprint density at radius 2 is 1.75 bits per heavy atom. The van der Waals surface area contributed by atoms with Crippen LogP contribution in [0, 0.1) is 11.6 Å². The monoisotopic (exact) mass is 487 g/mol. The van der Waals surface area contributed by atoms with Gasteiger partial charge in [0.1, 0.15) is 11.6 Å². The second-order valence-corrected chi connectivity index (χ2v) is 9.23. The predicted octanol–water partition coefficient (Wildman–Crippen LogP) is 7.21. The Balaban J connectivity index is 1.72. The SMILES string of the molecule is CC(c1ccc(SN)cc1)c1cnc(SCc2c(F)cccc2Cl)n1-c1ccc(F)cc1. The molecule has 3 aromatic carbocycles. The Morgan fingerprint density at radius 1 is 1.03 bits per heavy atom. The van der Waals surface area contributed by atoms with Gasteiger partial charge in [-0.15, -0.1) is 0 Å². The fourth-order valence-corrected chi connectivity index (χ4v) is 5.05. The van der Waals surface area contributed by atoms with E-state index in [-0.39, 0.29) is 17.6 Å². The Morgan fingerprint density at radius 3 is 2.41 bits per heavy atom. The molecule has 4 aromatic rings. The van der Waals surface area contributed by atoms with E-state index in [0.29, 0.717) is 21.5 Å². The van der Waals surface area contributed by atoms with Gasteiger partial charge in [-0.25, -0.2) is 13.8 Å². The first-order chi connectivity index (χ1) is 15.5. The topological polar surface area (TPSA) is 43.8 Å². The maximum Gasteiger partial charge on any atom is 0.173 e. The summed E-state index contributed by atoms with van der Waals surface area (Å²) in [6, 6.07) is 18.9. The second-order valence-electron chi connectivity index (χ2n) is 7.17. The summed E-state index contributed by atoms with van der Waals surface area (Å²) in [5, 5.41) is 6.69. The molecule has 164 valence electrons. The van der Waals surface area contributed by atoms with Crippen molar-refractivity contribution in [2.24, 2.45) is 5.14 Å². The van der Waals surface area contributed by atoms with Crippen molar-refractivity contribution < 1.29 is 8.78 Å². The number of benzene rings is 3. The zero-order valence-electron chi connectivity index (χ0n) is 17.1. The van der Waals surface area contributed by atoms with Gasteiger partial charge in [0, 0.05) is 32.8 Å². The molecule has 0 saturated heterocycles. The van der Waals surface area contributed by atoms with Crippen molar-refractivity contribution in [3.8, 4) is 5.69 Å². The van der Waals surface area contributed by atoms with Crippen LogP contribution in [0.1, 0.15) is 29.7 Å². The van der Waals surface area contributed by atoms with Crippen LogP contribution < -0.4 is 5.14 Å². The smallest absolute Gasteiger partial charge is 0.173 e. The Labute approximate surface area is 199 Å². The fraction of sp³-hybridized carbons (Fsp3) is 0.125. The molecule has 32 heavy (non-hydrogen) atoms. The van der Waals surface area contributed by atoms with Crippen molar-refractivity contribution in [1.29, 1.82) is 0 Å². The molecule has 0 amide bonds. The molecule has 1 aromatic heterocycles. The minimum absolute atomic E-state index is 0.00998. The molecule has 0 aliphatic heterocycles. The summed E-state index contributed by atoms with van der Waals surface area (Å²) in [5.74, 6) is -0.335. The lowest BCUT2D eigenvalue weighted by atomic mass is 9.98. The van der Waals surface area contributed by atoms with Crippen molar-refractivity contribution >= 4 is 35.3 Å². The third-order valence-corrected chi connectivity index (χ3v) is 7.09. The van der Waals surface area contributed by atoms with Crippen LogP contribution in [-0.4, -0.2) is 9.55 Å². The van der Waals surface area contributed by atoms with E-state index in [2.05, 4.69) is 11.9 Å². The standard InChI is InChI=1S/C24H20ClF2N3S2/c1-15(16-5-11-19(32-28)12-6-16)23-13-29-24(30(23)18-9-7-17(26)8-10-18)31-14-20-21(25)3-2-4-22(20)27/h2-13,15H,14,28H2,1H3. The first-order valence-corrected chi connectivity index (χ1v) is 12.1. The van der Waals surface area contributed by atoms with Crippen molar-refractivity contribution in [2.75, 3.05) is 0 Å². The molecule has 0 aliphatic carbocycles. The van der Waals surface area contributed by atoms with Gasteiger partial charge in [-0.1, -0.05) is 48.5 Å². The van der Waals surface area contributed by atoms with E-state index in [1.54, 1.807) is 24.3 Å². The van der Waals surface area contributed by atoms with Gasteiger partial charge in [0.05, 0.1) is 11.9 Å². The maximum absolute atomic E-state index is 14.3. The molecule has 3 nitrogen and oxygen atoms in total. The predicted molar refractivity (Wildman–Crippen MR) is 128 cm³/mol. The summed E-state index contributed by atoms with van der Waals surface area (Å²) >= 11 is 8.78. The number of nitrogens with two attached hydrogens (primary N) is 1. The number of imidazole rings is 1. The quantitative estimate of drug-likeness (QED) is 0.221. The van der Waals surface area contributed by atoms with Gasteiger partial charge in [0.2, 0.25) is 0 Å². The van der Waals surface area contributed by atoms with Crippen LogP contribution in [0.4, 0.5) is 8.78 Å². The van der Waals surface area contributed by atoms with Crippen LogP contribution in [0.3, 0.4) is 0 Å². The summed E-state index contributed by atoms with van der Waals surface area (Å²) < 4.78 is 29.8. The summed E-state index contributed by atoms with van der Waals surface area (Å²) in [4.78, 5) is 5.59. The molecule has 4 rings (SSSR count). The largest absolute Gasteiger partial charge is 0.291 e. The Kier molecular flexibility index (Phi) is 7.20. The lowest BCUT2D eigenvalue weighted by Gasteiger charge is -2.17. The molecule has 1 unspecified atom stereocenters. The average Bonchev–Trinajstić information content (AvgIpc) is 3.22. The van der Waals surface area contributed by atoms with Crippen molar-refractivity contribution in [3.05, 3.63) is 106 Å². The number of halogens is 3. The molecule has 0 radical (unpaired) electrons. The average molecular weight is 488 g/mol. The van der Waals surface area contributed by atoms with E-state index in [4.69, 9.17) is 16.7 Å². The van der Waals surface area contributed by atoms with Gasteiger partial charge in [-0.3, -0.25) is 9.71 Å². The second kappa shape index (κ2) is 10.1. The lowest BCUT2D eigenvalue weighted by Crippen LogP contribution is -2.07. The van der Waals surface area contributed by atoms with E-state index >= 15 is 0 Å². The number of thioether (sulfide) groups is 1. The van der Waals surface area contributed by atoms with Crippen molar-refractivity contribution in [3.63, 3.8) is 0 Å². The molecule has 0 aliphatic rings. The van der Waals surface area contributed by atoms with Gasteiger partial charge in [0.25, 0.3) is 0 Å². The summed E-state index contributed by atoms with van der Waals surface area (Å²) in [6.45, 7) is 2.09. The van der Waals surface area contributed by atoms with E-state index in [0.717, 1.165) is 21.8 Å². The van der Waals surface area contributed by atoms with Gasteiger partial charge in [-0.2, -0.15) is 0 Å². The first kappa shape index (κ1) is 22.9. The van der Waals surface area contributed by atoms with E-state index in [1.807, 2.05) is 35.0 Å². The van der Waals surface area contributed by atoms with Crippen LogP contribution in [0.15, 0.2) is 83.0 Å². The number of hydrogen-bond donors (Lipinski definition) is 1. The van der Waals surface area contributed by atoms with Crippen LogP contribution in [0.5, 0.6) is 0 Å². The molecule has 0 bridgehead atoms. The number of nitrogens with zero attached hydrogens (tertiary/aromatic N) is 2. The minimum Gasteiger partial charge on any atom is -0.291 e. The highest BCUT2D eigenvalue weighted by molar-refractivity contribution is 7.98. The summed E-state index contributed by atoms with van der Waals surface area (Å²) in [6.07, 6.45) is 1.81. The number of rotatable bonds is 7. The molecule has 2 N–H and O–H groups in total. The third kappa shape index (κ3) is 4.86. The normalized spacial score (nSPS) is 12.2. The van der Waals surface area contributed by atoms with Crippen LogP contribution in [-0.2, 0) is 5.75 Å². The molecular formula is C24H20ClF2N3S2. The maximum atomic E-state index is 14.3. The minimum atomic E-state index is -0.351. The van der Waals surface area contributed by atoms with E-state index in [1.165, 1.54) is 41.9 Å². The molecule has 1 atom stereocenters. The zero-order valence-corrected chi connectivity index (χ0v) is 19.5. The first-order valence-electron chi connectivity index (χ1n) is 9.84. The van der Waals surface area contributed by atoms with Gasteiger partial charge in [-0.05, 0) is 66.0 Å². The summed E-state index contributed by atoms with van der Waals surface area (Å²) in [5.41, 5.74) is 3.24.